The van der Waals surface area contributed by atoms with E-state index in [0.717, 1.165) is 31.8 Å². The number of benzene rings is 1. The maximum absolute atomic E-state index is 6.34. The van der Waals surface area contributed by atoms with Gasteiger partial charge < -0.3 is 14.9 Å². The van der Waals surface area contributed by atoms with Crippen molar-refractivity contribution in [1.29, 1.82) is 0 Å². The summed E-state index contributed by atoms with van der Waals surface area (Å²) in [7, 11) is 1.70. The van der Waals surface area contributed by atoms with Gasteiger partial charge in [-0.05, 0) is 41.8 Å². The third kappa shape index (κ3) is 3.43. The molecule has 0 bridgehead atoms. The topological polar surface area (TPSA) is 111 Å². The maximum Gasteiger partial charge on any atom is 0.192 e. The van der Waals surface area contributed by atoms with Crippen LogP contribution < -0.4 is 10.5 Å². The molecule has 5 rings (SSSR count). The molecule has 0 atom stereocenters. The fourth-order valence-corrected chi connectivity index (χ4v) is 3.80. The number of furan rings is 1. The Bertz CT molecular complexity index is 1150. The summed E-state index contributed by atoms with van der Waals surface area (Å²) in [4.78, 5) is 6.88. The van der Waals surface area contributed by atoms with Gasteiger partial charge in [0.25, 0.3) is 0 Å². The van der Waals surface area contributed by atoms with Crippen molar-refractivity contribution in [3.63, 3.8) is 0 Å². The molecule has 3 aromatic heterocycles. The molecule has 0 saturated heterocycles. The molecule has 1 aliphatic heterocycles. The first-order chi connectivity index (χ1) is 14.7. The van der Waals surface area contributed by atoms with Crippen LogP contribution in [0.3, 0.4) is 0 Å². The molecule has 1 aliphatic rings. The highest BCUT2D eigenvalue weighted by Gasteiger charge is 2.19. The second-order valence-electron chi connectivity index (χ2n) is 7.31. The molecule has 4 aromatic rings. The van der Waals surface area contributed by atoms with E-state index >= 15 is 0 Å². The molecule has 0 spiro atoms. The molecule has 30 heavy (non-hydrogen) atoms. The average Bonchev–Trinajstić information content (AvgIpc) is 3.52. The summed E-state index contributed by atoms with van der Waals surface area (Å²) < 4.78 is 12.5. The van der Waals surface area contributed by atoms with Crippen LogP contribution in [0.25, 0.3) is 23.0 Å². The number of hydrogen-bond acceptors (Lipinski definition) is 7. The van der Waals surface area contributed by atoms with E-state index in [1.807, 2.05) is 12.1 Å². The third-order valence-corrected chi connectivity index (χ3v) is 5.49. The number of methoxy groups -OCH3 is 1. The molecule has 0 unspecified atom stereocenters. The van der Waals surface area contributed by atoms with Gasteiger partial charge in [0.15, 0.2) is 17.4 Å². The summed E-state index contributed by atoms with van der Waals surface area (Å²) >= 11 is 0. The lowest BCUT2D eigenvalue weighted by Crippen LogP contribution is -2.33. The van der Waals surface area contributed by atoms with Crippen LogP contribution in [-0.2, 0) is 19.5 Å². The van der Waals surface area contributed by atoms with E-state index in [4.69, 9.17) is 14.9 Å². The summed E-state index contributed by atoms with van der Waals surface area (Å²) in [5.41, 5.74) is 9.76. The Morgan fingerprint density at radius 3 is 3.00 bits per heavy atom. The van der Waals surface area contributed by atoms with Crippen molar-refractivity contribution in [2.24, 2.45) is 0 Å². The van der Waals surface area contributed by atoms with Crippen molar-refractivity contribution in [2.45, 2.75) is 19.5 Å². The normalized spacial score (nSPS) is 14.0. The van der Waals surface area contributed by atoms with Gasteiger partial charge in [0.2, 0.25) is 0 Å². The van der Waals surface area contributed by atoms with Crippen LogP contribution in [0.2, 0.25) is 0 Å². The SMILES string of the molecule is COc1ccc2c(c1)CN(CCn1ncc(-c3n[nH]c(-c4ccco4)n3)c1N)CC2. The Labute approximate surface area is 173 Å². The average molecular weight is 405 g/mol. The summed E-state index contributed by atoms with van der Waals surface area (Å²) in [5.74, 6) is 3.14. The number of fused-ring (bicyclic) bond motifs is 1. The molecule has 0 amide bonds. The predicted molar refractivity (Wildman–Crippen MR) is 112 cm³/mol. The number of nitrogens with one attached hydrogen (secondary N) is 1. The first-order valence-corrected chi connectivity index (χ1v) is 9.87. The fraction of sp³-hybridized carbons (Fsp3) is 0.286. The van der Waals surface area contributed by atoms with Crippen molar-refractivity contribution in [2.75, 3.05) is 25.9 Å². The van der Waals surface area contributed by atoms with Gasteiger partial charge in [-0.1, -0.05) is 6.07 Å². The molecule has 0 aliphatic carbocycles. The molecule has 0 fully saturated rings. The van der Waals surface area contributed by atoms with Gasteiger partial charge in [-0.2, -0.15) is 10.2 Å². The largest absolute Gasteiger partial charge is 0.497 e. The standard InChI is InChI=1S/C21H23N7O2/c1-29-16-5-4-14-6-7-27(13-15(14)11-16)8-9-28-19(22)17(12-23-28)20-24-21(26-25-20)18-3-2-10-30-18/h2-5,10-12H,6-9,13,22H2,1H3,(H,24,25,26). The number of aromatic amines is 1. The summed E-state index contributed by atoms with van der Waals surface area (Å²) in [6, 6.07) is 9.95. The molecule has 154 valence electrons. The monoisotopic (exact) mass is 405 g/mol. The highest BCUT2D eigenvalue weighted by Crippen LogP contribution is 2.26. The maximum atomic E-state index is 6.34. The summed E-state index contributed by atoms with van der Waals surface area (Å²) in [6.45, 7) is 3.46. The first-order valence-electron chi connectivity index (χ1n) is 9.87. The van der Waals surface area contributed by atoms with Gasteiger partial charge in [-0.15, -0.1) is 0 Å². The third-order valence-electron chi connectivity index (χ3n) is 5.49. The van der Waals surface area contributed by atoms with Gasteiger partial charge in [0.1, 0.15) is 11.6 Å². The molecular formula is C21H23N7O2. The molecule has 3 N–H and O–H groups in total. The zero-order valence-corrected chi connectivity index (χ0v) is 16.7. The van der Waals surface area contributed by atoms with Crippen molar-refractivity contribution < 1.29 is 9.15 Å². The molecule has 4 heterocycles. The van der Waals surface area contributed by atoms with E-state index in [0.29, 0.717) is 35.3 Å². The van der Waals surface area contributed by atoms with E-state index in [9.17, 15) is 0 Å². The molecule has 9 nitrogen and oxygen atoms in total. The van der Waals surface area contributed by atoms with Gasteiger partial charge >= 0.3 is 0 Å². The second-order valence-corrected chi connectivity index (χ2v) is 7.31. The molecule has 0 radical (unpaired) electrons. The molecule has 1 aromatic carbocycles. The van der Waals surface area contributed by atoms with E-state index in [1.165, 1.54) is 11.1 Å². The fourth-order valence-electron chi connectivity index (χ4n) is 3.80. The summed E-state index contributed by atoms with van der Waals surface area (Å²) in [6.07, 6.45) is 4.34. The second kappa shape index (κ2) is 7.68. The van der Waals surface area contributed by atoms with Crippen molar-refractivity contribution in [3.05, 3.63) is 53.9 Å². The minimum absolute atomic E-state index is 0.504. The van der Waals surface area contributed by atoms with Crippen LogP contribution in [0.4, 0.5) is 5.82 Å². The van der Waals surface area contributed by atoms with Crippen molar-refractivity contribution in [1.82, 2.24) is 29.9 Å². The van der Waals surface area contributed by atoms with E-state index in [1.54, 1.807) is 30.3 Å². The summed E-state index contributed by atoms with van der Waals surface area (Å²) in [5, 5.41) is 11.6. The van der Waals surface area contributed by atoms with E-state index < -0.39 is 0 Å². The highest BCUT2D eigenvalue weighted by molar-refractivity contribution is 5.68. The van der Waals surface area contributed by atoms with Crippen LogP contribution in [0.5, 0.6) is 5.75 Å². The minimum atomic E-state index is 0.504. The van der Waals surface area contributed by atoms with Gasteiger partial charge in [-0.25, -0.2) is 9.67 Å². The van der Waals surface area contributed by atoms with Gasteiger partial charge in [0, 0.05) is 19.6 Å². The number of ether oxygens (including phenoxy) is 1. The smallest absolute Gasteiger partial charge is 0.192 e. The lowest BCUT2D eigenvalue weighted by Gasteiger charge is -2.29. The Morgan fingerprint density at radius 1 is 1.23 bits per heavy atom. The number of aromatic nitrogens is 5. The Balaban J connectivity index is 1.26. The first kappa shape index (κ1) is 18.4. The quantitative estimate of drug-likeness (QED) is 0.507. The van der Waals surface area contributed by atoms with Crippen molar-refractivity contribution >= 4 is 5.82 Å². The van der Waals surface area contributed by atoms with Crippen molar-refractivity contribution in [3.8, 4) is 28.7 Å². The number of hydrogen-bond donors (Lipinski definition) is 2. The van der Waals surface area contributed by atoms with Crippen LogP contribution in [0, 0.1) is 0 Å². The Hall–Kier alpha value is -3.59. The molecule has 0 saturated carbocycles. The number of nitrogen functional groups attached to an aromatic ring is 1. The van der Waals surface area contributed by atoms with E-state index in [-0.39, 0.29) is 0 Å². The predicted octanol–water partition coefficient (Wildman–Crippen LogP) is 2.58. The lowest BCUT2D eigenvalue weighted by molar-refractivity contribution is 0.240. The zero-order chi connectivity index (χ0) is 20.5. The Kier molecular flexibility index (Phi) is 4.72. The molecular weight excluding hydrogens is 382 g/mol. The number of nitrogens with zero attached hydrogens (tertiary/aromatic N) is 5. The number of anilines is 1. The van der Waals surface area contributed by atoms with Gasteiger partial charge in [0.05, 0.1) is 31.7 Å². The van der Waals surface area contributed by atoms with Crippen LogP contribution >= 0.6 is 0 Å². The molecule has 9 heteroatoms. The number of nitrogens with two attached hydrogens (primary N) is 1. The van der Waals surface area contributed by atoms with Gasteiger partial charge in [-0.3, -0.25) is 10.00 Å². The van der Waals surface area contributed by atoms with Crippen LogP contribution in [0.15, 0.2) is 47.2 Å². The highest BCUT2D eigenvalue weighted by atomic mass is 16.5. The lowest BCUT2D eigenvalue weighted by atomic mass is 9.99. The number of rotatable bonds is 6. The number of H-pyrrole nitrogens is 1. The van der Waals surface area contributed by atoms with Crippen LogP contribution in [-0.4, -0.2) is 50.1 Å². The van der Waals surface area contributed by atoms with Crippen LogP contribution in [0.1, 0.15) is 11.1 Å². The zero-order valence-electron chi connectivity index (χ0n) is 16.7. The van der Waals surface area contributed by atoms with E-state index in [2.05, 4.69) is 37.3 Å². The Morgan fingerprint density at radius 2 is 2.17 bits per heavy atom. The minimum Gasteiger partial charge on any atom is -0.497 e.